The summed E-state index contributed by atoms with van der Waals surface area (Å²) < 4.78 is 0. The topological polar surface area (TPSA) is 338 Å². The second kappa shape index (κ2) is 24.7. The van der Waals surface area contributed by atoms with E-state index >= 15 is 0 Å². The molecule has 0 spiro atoms. The van der Waals surface area contributed by atoms with E-state index in [0.29, 0.717) is 6.42 Å². The van der Waals surface area contributed by atoms with Gasteiger partial charge in [0.2, 0.25) is 29.5 Å². The van der Waals surface area contributed by atoms with Gasteiger partial charge in [0.1, 0.15) is 30.2 Å². The zero-order chi connectivity index (χ0) is 40.8. The van der Waals surface area contributed by atoms with Crippen molar-refractivity contribution in [2.75, 3.05) is 19.6 Å². The molecule has 1 aromatic carbocycles. The largest absolute Gasteiger partial charge is 0.480 e. The van der Waals surface area contributed by atoms with Gasteiger partial charge >= 0.3 is 5.97 Å². The summed E-state index contributed by atoms with van der Waals surface area (Å²) in [6, 6.07) is 3.13. The van der Waals surface area contributed by atoms with E-state index in [0.717, 1.165) is 5.56 Å². The van der Waals surface area contributed by atoms with Crippen LogP contribution in [0.25, 0.3) is 0 Å². The summed E-state index contributed by atoms with van der Waals surface area (Å²) >= 11 is 0. The van der Waals surface area contributed by atoms with Gasteiger partial charge in [-0.1, -0.05) is 64.4 Å². The first-order valence-electron chi connectivity index (χ1n) is 18.1. The van der Waals surface area contributed by atoms with Gasteiger partial charge in [-0.3, -0.25) is 34.0 Å². The maximum atomic E-state index is 13.9. The standard InChI is InChI=1S/C35H60N12O7/c1-5-21(4)28(32(52)45-24(33(53)54)14-10-16-42-35(39)40)47-29(49)23(13-9-15-41-34(37)38)44-30(50)25(17-20(2)3)46-31(51)26(43-27(48)19-36)18-22-11-7-6-8-12-22/h6-8,11-12,20-21,23-26,28H,5,9-10,13-19,36H2,1-4H3,(H,43,48)(H,44,50)(H,45,52)(H,46,51)(H,47,49)(H,53,54)(H4,37,38,41)(H4,39,40,42)/t21-,23-,24-,25-,26-,28-/m0/s1. The van der Waals surface area contributed by atoms with E-state index in [-0.39, 0.29) is 76.0 Å². The van der Waals surface area contributed by atoms with E-state index in [1.165, 1.54) is 0 Å². The third-order valence-electron chi connectivity index (χ3n) is 8.39. The van der Waals surface area contributed by atoms with Crippen LogP contribution in [0.4, 0.5) is 0 Å². The minimum absolute atomic E-state index is 0.0214. The molecule has 5 amide bonds. The van der Waals surface area contributed by atoms with E-state index in [2.05, 4.69) is 36.6 Å². The number of benzene rings is 1. The molecule has 0 bridgehead atoms. The van der Waals surface area contributed by atoms with Crippen LogP contribution >= 0.6 is 0 Å². The van der Waals surface area contributed by atoms with Crippen LogP contribution in [0.5, 0.6) is 0 Å². The van der Waals surface area contributed by atoms with E-state index in [1.54, 1.807) is 38.1 Å². The van der Waals surface area contributed by atoms with Crippen LogP contribution in [-0.4, -0.2) is 102 Å². The minimum atomic E-state index is -1.29. The van der Waals surface area contributed by atoms with Crippen LogP contribution in [-0.2, 0) is 35.2 Å². The molecule has 0 heterocycles. The van der Waals surface area contributed by atoms with Crippen LogP contribution in [0.2, 0.25) is 0 Å². The lowest BCUT2D eigenvalue weighted by molar-refractivity contribution is -0.143. The predicted octanol–water partition coefficient (Wildman–Crippen LogP) is -2.10. The monoisotopic (exact) mass is 760 g/mol. The molecular formula is C35H60N12O7. The Morgan fingerprint density at radius 1 is 0.685 bits per heavy atom. The second-order valence-corrected chi connectivity index (χ2v) is 13.4. The lowest BCUT2D eigenvalue weighted by Crippen LogP contribution is -2.60. The zero-order valence-corrected chi connectivity index (χ0v) is 31.7. The van der Waals surface area contributed by atoms with Crippen LogP contribution in [0.15, 0.2) is 40.3 Å². The first-order chi connectivity index (χ1) is 25.5. The Balaban J connectivity index is 3.32. The first kappa shape index (κ1) is 46.6. The summed E-state index contributed by atoms with van der Waals surface area (Å²) in [5, 5.41) is 23.0. The maximum absolute atomic E-state index is 13.9. The second-order valence-electron chi connectivity index (χ2n) is 13.4. The molecular weight excluding hydrogens is 700 g/mol. The molecule has 0 aromatic heterocycles. The first-order valence-corrected chi connectivity index (χ1v) is 18.1. The summed E-state index contributed by atoms with van der Waals surface area (Å²) in [6.45, 7) is 7.16. The van der Waals surface area contributed by atoms with Crippen molar-refractivity contribution in [3.8, 4) is 0 Å². The van der Waals surface area contributed by atoms with Gasteiger partial charge in [-0.05, 0) is 49.5 Å². The van der Waals surface area contributed by atoms with Crippen molar-refractivity contribution in [2.45, 2.75) is 103 Å². The van der Waals surface area contributed by atoms with Crippen molar-refractivity contribution < 1.29 is 33.9 Å². The van der Waals surface area contributed by atoms with Crippen LogP contribution in [0.1, 0.15) is 71.8 Å². The van der Waals surface area contributed by atoms with Crippen LogP contribution in [0, 0.1) is 11.8 Å². The third-order valence-corrected chi connectivity index (χ3v) is 8.39. The summed E-state index contributed by atoms with van der Waals surface area (Å²) in [4.78, 5) is 86.8. The van der Waals surface area contributed by atoms with Gasteiger partial charge < -0.3 is 60.4 Å². The molecule has 0 unspecified atom stereocenters. The smallest absolute Gasteiger partial charge is 0.326 e. The molecule has 0 aliphatic heterocycles. The number of carbonyl (C=O) groups is 6. The fourth-order valence-corrected chi connectivity index (χ4v) is 5.31. The zero-order valence-electron chi connectivity index (χ0n) is 31.7. The van der Waals surface area contributed by atoms with Gasteiger partial charge in [-0.15, -0.1) is 0 Å². The van der Waals surface area contributed by atoms with Crippen molar-refractivity contribution in [3.63, 3.8) is 0 Å². The molecule has 6 atom stereocenters. The Bertz CT molecular complexity index is 1430. The number of carboxylic acids is 1. The lowest BCUT2D eigenvalue weighted by atomic mass is 9.96. The number of aliphatic imine (C=N–C) groups is 2. The average molecular weight is 761 g/mol. The van der Waals surface area contributed by atoms with Gasteiger partial charge in [0.25, 0.3) is 0 Å². The van der Waals surface area contributed by atoms with Gasteiger partial charge in [-0.25, -0.2) is 4.79 Å². The van der Waals surface area contributed by atoms with Crippen LogP contribution < -0.4 is 55.3 Å². The normalized spacial score (nSPS) is 14.2. The predicted molar refractivity (Wildman–Crippen MR) is 205 cm³/mol. The van der Waals surface area contributed by atoms with Crippen molar-refractivity contribution in [1.82, 2.24) is 26.6 Å². The molecule has 54 heavy (non-hydrogen) atoms. The third kappa shape index (κ3) is 18.3. The number of nitrogens with one attached hydrogen (secondary N) is 5. The molecule has 16 N–H and O–H groups in total. The molecule has 0 saturated carbocycles. The molecule has 19 nitrogen and oxygen atoms in total. The van der Waals surface area contributed by atoms with Gasteiger partial charge in [0.05, 0.1) is 6.54 Å². The van der Waals surface area contributed by atoms with Crippen molar-refractivity contribution >= 4 is 47.4 Å². The van der Waals surface area contributed by atoms with Crippen molar-refractivity contribution in [3.05, 3.63) is 35.9 Å². The fraction of sp³-hybridized carbons (Fsp3) is 0.600. The number of amides is 5. The Labute approximate surface area is 316 Å². The van der Waals surface area contributed by atoms with E-state index in [1.807, 2.05) is 19.9 Å². The Hall–Kier alpha value is -5.46. The van der Waals surface area contributed by atoms with Crippen LogP contribution in [0.3, 0.4) is 0 Å². The molecule has 0 aliphatic rings. The quantitative estimate of drug-likeness (QED) is 0.0290. The molecule has 302 valence electrons. The molecule has 0 fully saturated rings. The molecule has 1 aromatic rings. The summed E-state index contributed by atoms with van der Waals surface area (Å²) in [5.41, 5.74) is 27.8. The maximum Gasteiger partial charge on any atom is 0.326 e. The number of nitrogens with zero attached hydrogens (tertiary/aromatic N) is 2. The SMILES string of the molecule is CC[C@H](C)[C@H](NC(=O)[C@H](CCCN=C(N)N)NC(=O)[C@H](CC(C)C)NC(=O)[C@H](Cc1ccccc1)NC(=O)CN)C(=O)N[C@@H](CCCN=C(N)N)C(=O)O. The molecule has 1 rings (SSSR count). The number of rotatable bonds is 25. The molecule has 0 saturated heterocycles. The molecule has 19 heteroatoms. The Kier molecular flexibility index (Phi) is 21.3. The number of guanidine groups is 2. The summed E-state index contributed by atoms with van der Waals surface area (Å²) in [5.74, 6) is -5.44. The van der Waals surface area contributed by atoms with E-state index in [9.17, 15) is 33.9 Å². The highest BCUT2D eigenvalue weighted by atomic mass is 16.4. The number of aliphatic carboxylic acids is 1. The number of carboxylic acid groups (broad SMARTS) is 1. The number of hydrogen-bond acceptors (Lipinski definition) is 9. The fourth-order valence-electron chi connectivity index (χ4n) is 5.31. The minimum Gasteiger partial charge on any atom is -0.480 e. The lowest BCUT2D eigenvalue weighted by Gasteiger charge is -2.29. The van der Waals surface area contributed by atoms with E-state index in [4.69, 9.17) is 28.7 Å². The number of hydrogen-bond donors (Lipinski definition) is 11. The highest BCUT2D eigenvalue weighted by Crippen LogP contribution is 2.13. The van der Waals surface area contributed by atoms with E-state index < -0.39 is 71.6 Å². The summed E-state index contributed by atoms with van der Waals surface area (Å²) in [6.07, 6.45) is 1.32. The Morgan fingerprint density at radius 3 is 1.69 bits per heavy atom. The Morgan fingerprint density at radius 2 is 1.19 bits per heavy atom. The highest BCUT2D eigenvalue weighted by Gasteiger charge is 2.34. The average Bonchev–Trinajstić information content (AvgIpc) is 3.11. The van der Waals surface area contributed by atoms with Crippen molar-refractivity contribution in [1.29, 1.82) is 0 Å². The number of carbonyl (C=O) groups excluding carboxylic acids is 5. The molecule has 0 radical (unpaired) electrons. The van der Waals surface area contributed by atoms with Gasteiger partial charge in [0.15, 0.2) is 11.9 Å². The van der Waals surface area contributed by atoms with Gasteiger partial charge in [0, 0.05) is 19.5 Å². The molecule has 0 aliphatic carbocycles. The van der Waals surface area contributed by atoms with Gasteiger partial charge in [-0.2, -0.15) is 0 Å². The number of nitrogens with two attached hydrogens (primary N) is 5. The van der Waals surface area contributed by atoms with Crippen molar-refractivity contribution in [2.24, 2.45) is 50.5 Å². The highest BCUT2D eigenvalue weighted by molar-refractivity contribution is 5.96. The summed E-state index contributed by atoms with van der Waals surface area (Å²) in [7, 11) is 0.